The minimum absolute atomic E-state index is 0.560. The maximum absolute atomic E-state index is 5.79. The summed E-state index contributed by atoms with van der Waals surface area (Å²) in [5.41, 5.74) is 9.87. The van der Waals surface area contributed by atoms with E-state index in [9.17, 15) is 0 Å². The molecule has 0 saturated carbocycles. The molecule has 0 radical (unpaired) electrons. The summed E-state index contributed by atoms with van der Waals surface area (Å²) in [6.07, 6.45) is 4.01. The number of nitrogens with zero attached hydrogens (tertiary/aromatic N) is 1. The standard InChI is InChI=1S/C15H22N2/c1-4-12-14-8-6-5-7-13(14)11(10-16)9-15(12)17(2)3/h5-8,10,12,15H,4,9,16H2,1-3H3/b11-10-. The smallest absolute Gasteiger partial charge is 0.0199 e. The largest absolute Gasteiger partial charge is 0.404 e. The molecule has 17 heavy (non-hydrogen) atoms. The van der Waals surface area contributed by atoms with Gasteiger partial charge < -0.3 is 10.6 Å². The Labute approximate surface area is 104 Å². The van der Waals surface area contributed by atoms with Crippen molar-refractivity contribution < 1.29 is 0 Å². The molecule has 1 aliphatic carbocycles. The monoisotopic (exact) mass is 230 g/mol. The Bertz CT molecular complexity index is 421. The van der Waals surface area contributed by atoms with E-state index >= 15 is 0 Å². The van der Waals surface area contributed by atoms with Crippen LogP contribution >= 0.6 is 0 Å². The van der Waals surface area contributed by atoms with E-state index in [1.807, 2.05) is 0 Å². The van der Waals surface area contributed by atoms with Gasteiger partial charge in [0.25, 0.3) is 0 Å². The fraction of sp³-hybridized carbons (Fsp3) is 0.467. The van der Waals surface area contributed by atoms with Crippen LogP contribution in [0.15, 0.2) is 30.5 Å². The zero-order valence-electron chi connectivity index (χ0n) is 11.0. The molecule has 2 N–H and O–H groups in total. The third-order valence-electron chi connectivity index (χ3n) is 3.90. The van der Waals surface area contributed by atoms with Gasteiger partial charge in [-0.2, -0.15) is 0 Å². The first-order chi connectivity index (χ1) is 8.19. The molecule has 2 heteroatoms. The molecule has 0 aromatic heterocycles. The molecule has 2 unspecified atom stereocenters. The Hall–Kier alpha value is -1.28. The van der Waals surface area contributed by atoms with Crippen LogP contribution < -0.4 is 5.73 Å². The van der Waals surface area contributed by atoms with Gasteiger partial charge in [-0.3, -0.25) is 0 Å². The number of nitrogens with two attached hydrogens (primary N) is 1. The number of hydrogen-bond donors (Lipinski definition) is 1. The first-order valence-electron chi connectivity index (χ1n) is 6.35. The van der Waals surface area contributed by atoms with Crippen molar-refractivity contribution in [2.75, 3.05) is 14.1 Å². The van der Waals surface area contributed by atoms with E-state index in [0.29, 0.717) is 12.0 Å². The van der Waals surface area contributed by atoms with Crippen LogP contribution in [0.25, 0.3) is 5.57 Å². The summed E-state index contributed by atoms with van der Waals surface area (Å²) in [5.74, 6) is 0.616. The molecule has 2 atom stereocenters. The Balaban J connectivity index is 2.51. The summed E-state index contributed by atoms with van der Waals surface area (Å²) >= 11 is 0. The van der Waals surface area contributed by atoms with E-state index in [1.165, 1.54) is 23.1 Å². The van der Waals surface area contributed by atoms with Crippen molar-refractivity contribution in [1.29, 1.82) is 0 Å². The zero-order chi connectivity index (χ0) is 12.4. The van der Waals surface area contributed by atoms with Crippen molar-refractivity contribution in [1.82, 2.24) is 4.90 Å². The van der Waals surface area contributed by atoms with Gasteiger partial charge in [0.15, 0.2) is 0 Å². The minimum atomic E-state index is 0.560. The molecule has 1 aliphatic rings. The lowest BCUT2D eigenvalue weighted by Crippen LogP contribution is -2.37. The minimum Gasteiger partial charge on any atom is -0.404 e. The normalized spacial score (nSPS) is 26.2. The van der Waals surface area contributed by atoms with Gasteiger partial charge in [0.1, 0.15) is 0 Å². The Morgan fingerprint density at radius 2 is 2.06 bits per heavy atom. The Morgan fingerprint density at radius 3 is 2.65 bits per heavy atom. The topological polar surface area (TPSA) is 29.3 Å². The zero-order valence-corrected chi connectivity index (χ0v) is 11.0. The Kier molecular flexibility index (Phi) is 3.53. The van der Waals surface area contributed by atoms with E-state index in [4.69, 9.17) is 5.73 Å². The van der Waals surface area contributed by atoms with Gasteiger partial charge in [-0.15, -0.1) is 0 Å². The maximum atomic E-state index is 5.79. The highest BCUT2D eigenvalue weighted by Crippen LogP contribution is 2.41. The Morgan fingerprint density at radius 1 is 1.35 bits per heavy atom. The number of fused-ring (bicyclic) bond motifs is 1. The number of rotatable bonds is 2. The average molecular weight is 230 g/mol. The van der Waals surface area contributed by atoms with Crippen molar-refractivity contribution in [3.63, 3.8) is 0 Å². The molecule has 2 rings (SSSR count). The van der Waals surface area contributed by atoms with Crippen LogP contribution in [-0.2, 0) is 0 Å². The van der Waals surface area contributed by atoms with Crippen LogP contribution in [0, 0.1) is 0 Å². The van der Waals surface area contributed by atoms with E-state index in [0.717, 1.165) is 6.42 Å². The molecule has 0 amide bonds. The molecular weight excluding hydrogens is 208 g/mol. The summed E-state index contributed by atoms with van der Waals surface area (Å²) < 4.78 is 0. The second-order valence-corrected chi connectivity index (χ2v) is 5.03. The summed E-state index contributed by atoms with van der Waals surface area (Å²) in [6.45, 7) is 2.27. The van der Waals surface area contributed by atoms with E-state index in [2.05, 4.69) is 50.2 Å². The predicted octanol–water partition coefficient (Wildman–Crippen LogP) is 2.81. The molecule has 2 nitrogen and oxygen atoms in total. The number of benzene rings is 1. The van der Waals surface area contributed by atoms with Gasteiger partial charge in [0.2, 0.25) is 0 Å². The fourth-order valence-corrected chi connectivity index (χ4v) is 2.99. The van der Waals surface area contributed by atoms with Crippen molar-refractivity contribution in [3.05, 3.63) is 41.6 Å². The molecule has 0 saturated heterocycles. The number of likely N-dealkylation sites (N-methyl/N-ethyl adjacent to an activating group) is 1. The van der Waals surface area contributed by atoms with Crippen LogP contribution in [0.5, 0.6) is 0 Å². The highest BCUT2D eigenvalue weighted by molar-refractivity contribution is 5.71. The third-order valence-corrected chi connectivity index (χ3v) is 3.90. The van der Waals surface area contributed by atoms with Crippen LogP contribution in [0.3, 0.4) is 0 Å². The van der Waals surface area contributed by atoms with Crippen LogP contribution in [-0.4, -0.2) is 25.0 Å². The molecule has 0 heterocycles. The van der Waals surface area contributed by atoms with Crippen molar-refractivity contribution in [2.24, 2.45) is 5.73 Å². The highest BCUT2D eigenvalue weighted by Gasteiger charge is 2.31. The summed E-state index contributed by atoms with van der Waals surface area (Å²) in [4.78, 5) is 2.33. The number of hydrogen-bond acceptors (Lipinski definition) is 2. The van der Waals surface area contributed by atoms with Gasteiger partial charge in [-0.25, -0.2) is 0 Å². The molecule has 0 aliphatic heterocycles. The first-order valence-corrected chi connectivity index (χ1v) is 6.35. The highest BCUT2D eigenvalue weighted by atomic mass is 15.1. The molecular formula is C15H22N2. The first kappa shape index (κ1) is 12.2. The van der Waals surface area contributed by atoms with Crippen LogP contribution in [0.1, 0.15) is 36.8 Å². The molecule has 0 fully saturated rings. The van der Waals surface area contributed by atoms with Crippen LogP contribution in [0.2, 0.25) is 0 Å². The summed E-state index contributed by atoms with van der Waals surface area (Å²) in [5, 5.41) is 0. The fourth-order valence-electron chi connectivity index (χ4n) is 2.99. The predicted molar refractivity (Wildman–Crippen MR) is 73.7 cm³/mol. The third kappa shape index (κ3) is 2.09. The quantitative estimate of drug-likeness (QED) is 0.846. The average Bonchev–Trinajstić information content (AvgIpc) is 2.36. The SMILES string of the molecule is CCC1c2ccccc2/C(=C\N)CC1N(C)C. The summed E-state index contributed by atoms with van der Waals surface area (Å²) in [7, 11) is 4.32. The van der Waals surface area contributed by atoms with Gasteiger partial charge in [-0.1, -0.05) is 31.2 Å². The van der Waals surface area contributed by atoms with E-state index < -0.39 is 0 Å². The van der Waals surface area contributed by atoms with E-state index in [1.54, 1.807) is 6.20 Å². The molecule has 1 aromatic rings. The van der Waals surface area contributed by atoms with Gasteiger partial charge in [-0.05, 0) is 49.8 Å². The van der Waals surface area contributed by atoms with Gasteiger partial charge in [0, 0.05) is 12.0 Å². The summed E-state index contributed by atoms with van der Waals surface area (Å²) in [6, 6.07) is 9.24. The van der Waals surface area contributed by atoms with E-state index in [-0.39, 0.29) is 0 Å². The van der Waals surface area contributed by atoms with Crippen molar-refractivity contribution in [3.8, 4) is 0 Å². The van der Waals surface area contributed by atoms with Gasteiger partial charge in [0.05, 0.1) is 0 Å². The van der Waals surface area contributed by atoms with Gasteiger partial charge >= 0.3 is 0 Å². The maximum Gasteiger partial charge on any atom is 0.0199 e. The molecule has 1 aromatic carbocycles. The molecule has 92 valence electrons. The molecule has 0 spiro atoms. The molecule has 0 bridgehead atoms. The second kappa shape index (κ2) is 4.92. The lowest BCUT2D eigenvalue weighted by Gasteiger charge is -2.38. The second-order valence-electron chi connectivity index (χ2n) is 5.03. The van der Waals surface area contributed by atoms with Crippen LogP contribution in [0.4, 0.5) is 0 Å². The van der Waals surface area contributed by atoms with Crippen molar-refractivity contribution in [2.45, 2.75) is 31.7 Å². The lowest BCUT2D eigenvalue weighted by molar-refractivity contribution is 0.247. The van der Waals surface area contributed by atoms with Crippen molar-refractivity contribution >= 4 is 5.57 Å². The lowest BCUT2D eigenvalue weighted by atomic mass is 9.75.